The van der Waals surface area contributed by atoms with Gasteiger partial charge in [0.1, 0.15) is 23.4 Å². The summed E-state index contributed by atoms with van der Waals surface area (Å²) in [6, 6.07) is 12.6. The van der Waals surface area contributed by atoms with E-state index in [0.29, 0.717) is 22.9 Å². The van der Waals surface area contributed by atoms with Gasteiger partial charge < -0.3 is 19.0 Å². The Morgan fingerprint density at radius 2 is 1.52 bits per heavy atom. The van der Waals surface area contributed by atoms with Crippen molar-refractivity contribution in [2.75, 3.05) is 26.2 Å². The maximum Gasteiger partial charge on any atom is 0.238 e. The molecular weight excluding hydrogens is 424 g/mol. The SMILES string of the molecule is COc1ccc(N2C(=O)[C@@H]3[C@H]4C[C@@H]([C@@H]5C(c6ccc(OC)cc6OC)=NO[C@H]45)[C@@H]3C2=O)cc1. The first-order valence-corrected chi connectivity index (χ1v) is 11.0. The Morgan fingerprint density at radius 1 is 0.848 bits per heavy atom. The van der Waals surface area contributed by atoms with Crippen molar-refractivity contribution in [3.63, 3.8) is 0 Å². The lowest BCUT2D eigenvalue weighted by molar-refractivity contribution is -0.125. The number of hydrogen-bond acceptors (Lipinski definition) is 7. The van der Waals surface area contributed by atoms with Crippen molar-refractivity contribution < 1.29 is 28.6 Å². The topological polar surface area (TPSA) is 86.7 Å². The van der Waals surface area contributed by atoms with Gasteiger partial charge in [-0.05, 0) is 48.7 Å². The zero-order valence-corrected chi connectivity index (χ0v) is 18.6. The summed E-state index contributed by atoms with van der Waals surface area (Å²) in [5, 5.41) is 4.41. The van der Waals surface area contributed by atoms with Crippen molar-refractivity contribution in [1.82, 2.24) is 0 Å². The molecule has 4 aliphatic rings. The van der Waals surface area contributed by atoms with Gasteiger partial charge in [-0.1, -0.05) is 5.16 Å². The van der Waals surface area contributed by atoms with Crippen molar-refractivity contribution in [3.05, 3.63) is 48.0 Å². The highest BCUT2D eigenvalue weighted by Gasteiger charge is 2.70. The van der Waals surface area contributed by atoms with Crippen molar-refractivity contribution in [2.45, 2.75) is 12.5 Å². The fraction of sp³-hybridized carbons (Fsp3) is 0.400. The molecule has 33 heavy (non-hydrogen) atoms. The monoisotopic (exact) mass is 448 g/mol. The van der Waals surface area contributed by atoms with Crippen LogP contribution in [0.4, 0.5) is 5.69 Å². The largest absolute Gasteiger partial charge is 0.497 e. The number of rotatable bonds is 5. The Labute approximate surface area is 191 Å². The lowest BCUT2D eigenvalue weighted by Crippen LogP contribution is -2.41. The molecule has 0 N–H and O–H groups in total. The average Bonchev–Trinajstić information content (AvgIpc) is 3.59. The van der Waals surface area contributed by atoms with Gasteiger partial charge in [0.2, 0.25) is 11.8 Å². The van der Waals surface area contributed by atoms with E-state index in [4.69, 9.17) is 19.0 Å². The summed E-state index contributed by atoms with van der Waals surface area (Å²) in [5.74, 6) is 0.931. The molecule has 8 heteroatoms. The molecule has 2 heterocycles. The van der Waals surface area contributed by atoms with Crippen molar-refractivity contribution >= 4 is 23.2 Å². The summed E-state index contributed by atoms with van der Waals surface area (Å²) < 4.78 is 16.1. The van der Waals surface area contributed by atoms with Gasteiger partial charge in [-0.2, -0.15) is 0 Å². The number of anilines is 1. The van der Waals surface area contributed by atoms with Gasteiger partial charge in [-0.25, -0.2) is 0 Å². The summed E-state index contributed by atoms with van der Waals surface area (Å²) in [5.41, 5.74) is 2.20. The van der Waals surface area contributed by atoms with Crippen LogP contribution in [0, 0.1) is 29.6 Å². The standard InChI is InChI=1S/C25H24N2O6/c1-30-13-6-4-12(5-7-13)27-24(28)19-16-11-17(20(19)25(27)29)23-21(16)22(26-33-23)15-9-8-14(31-2)10-18(15)32-3/h4-10,16-17,19-21,23H,11H2,1-3H3/t16-,17-,19+,20-,21-,23-/m1/s1. The molecule has 0 radical (unpaired) electrons. The van der Waals surface area contributed by atoms with E-state index in [1.807, 2.05) is 18.2 Å². The Balaban J connectivity index is 1.33. The van der Waals surface area contributed by atoms with Crippen LogP contribution in [0.5, 0.6) is 17.2 Å². The number of fused-ring (bicyclic) bond motifs is 8. The fourth-order valence-corrected chi connectivity index (χ4v) is 6.34. The van der Waals surface area contributed by atoms with Gasteiger partial charge in [-0.3, -0.25) is 14.5 Å². The Bertz CT molecular complexity index is 1180. The molecule has 2 aliphatic heterocycles. The first-order valence-electron chi connectivity index (χ1n) is 11.0. The van der Waals surface area contributed by atoms with Crippen LogP contribution in [0.15, 0.2) is 47.6 Å². The number of benzene rings is 2. The molecule has 8 nitrogen and oxygen atoms in total. The number of nitrogens with zero attached hydrogens (tertiary/aromatic N) is 2. The minimum atomic E-state index is -0.363. The van der Waals surface area contributed by atoms with Gasteiger partial charge in [-0.15, -0.1) is 0 Å². The van der Waals surface area contributed by atoms with Gasteiger partial charge >= 0.3 is 0 Å². The van der Waals surface area contributed by atoms with Crippen LogP contribution >= 0.6 is 0 Å². The van der Waals surface area contributed by atoms with E-state index in [9.17, 15) is 9.59 Å². The number of ether oxygens (including phenoxy) is 3. The summed E-state index contributed by atoms with van der Waals surface area (Å²) in [6.45, 7) is 0. The number of hydrogen-bond donors (Lipinski definition) is 0. The van der Waals surface area contributed by atoms with Crippen molar-refractivity contribution in [1.29, 1.82) is 0 Å². The van der Waals surface area contributed by atoms with Crippen LogP contribution in [0.3, 0.4) is 0 Å². The van der Waals surface area contributed by atoms with E-state index in [1.54, 1.807) is 45.6 Å². The predicted octanol–water partition coefficient (Wildman–Crippen LogP) is 2.89. The van der Waals surface area contributed by atoms with E-state index in [1.165, 1.54) is 4.90 Å². The molecule has 6 atom stereocenters. The van der Waals surface area contributed by atoms with Gasteiger partial charge in [0, 0.05) is 23.5 Å². The lowest BCUT2D eigenvalue weighted by atomic mass is 9.71. The van der Waals surface area contributed by atoms with Gasteiger partial charge in [0.25, 0.3) is 0 Å². The summed E-state index contributed by atoms with van der Waals surface area (Å²) >= 11 is 0. The smallest absolute Gasteiger partial charge is 0.238 e. The summed E-state index contributed by atoms with van der Waals surface area (Å²) in [4.78, 5) is 34.2. The number of carbonyl (C=O) groups is 2. The second-order valence-electron chi connectivity index (χ2n) is 8.96. The maximum absolute atomic E-state index is 13.5. The molecule has 0 aromatic heterocycles. The normalized spacial score (nSPS) is 31.2. The first-order chi connectivity index (χ1) is 16.1. The Hall–Kier alpha value is -3.55. The maximum atomic E-state index is 13.5. The number of carbonyl (C=O) groups excluding carboxylic acids is 2. The molecule has 2 aromatic carbocycles. The van der Waals surface area contributed by atoms with E-state index in [0.717, 1.165) is 17.7 Å². The van der Waals surface area contributed by atoms with Gasteiger partial charge in [0.15, 0.2) is 0 Å². The highest BCUT2D eigenvalue weighted by Crippen LogP contribution is 2.62. The number of methoxy groups -OCH3 is 3. The average molecular weight is 448 g/mol. The highest BCUT2D eigenvalue weighted by atomic mass is 16.6. The molecule has 2 aliphatic carbocycles. The van der Waals surface area contributed by atoms with E-state index in [2.05, 4.69) is 5.16 Å². The molecule has 2 aromatic rings. The summed E-state index contributed by atoms with van der Waals surface area (Å²) in [6.07, 6.45) is 0.585. The Morgan fingerprint density at radius 3 is 2.18 bits per heavy atom. The third-order valence-corrected chi connectivity index (χ3v) is 7.71. The van der Waals surface area contributed by atoms with Gasteiger partial charge in [0.05, 0.1) is 44.6 Å². The molecule has 170 valence electrons. The van der Waals surface area contributed by atoms with Crippen LogP contribution in [0.2, 0.25) is 0 Å². The second-order valence-corrected chi connectivity index (χ2v) is 8.96. The molecule has 0 spiro atoms. The molecule has 2 bridgehead atoms. The van der Waals surface area contributed by atoms with Crippen LogP contribution < -0.4 is 19.1 Å². The summed E-state index contributed by atoms with van der Waals surface area (Å²) in [7, 11) is 4.79. The molecule has 0 unspecified atom stereocenters. The molecule has 3 fully saturated rings. The fourth-order valence-electron chi connectivity index (χ4n) is 6.34. The van der Waals surface area contributed by atoms with Crippen LogP contribution in [0.1, 0.15) is 12.0 Å². The Kier molecular flexibility index (Phi) is 4.40. The first kappa shape index (κ1) is 20.1. The van der Waals surface area contributed by atoms with Crippen LogP contribution in [0.25, 0.3) is 0 Å². The molecule has 1 saturated heterocycles. The third kappa shape index (κ3) is 2.66. The van der Waals surface area contributed by atoms with Crippen LogP contribution in [-0.4, -0.2) is 45.0 Å². The molecule has 6 rings (SSSR count). The number of amides is 2. The highest BCUT2D eigenvalue weighted by molar-refractivity contribution is 6.23. The quantitative estimate of drug-likeness (QED) is 0.654. The number of imide groups is 1. The number of oxime groups is 1. The zero-order chi connectivity index (χ0) is 22.9. The van der Waals surface area contributed by atoms with Crippen molar-refractivity contribution in [3.8, 4) is 17.2 Å². The molecular formula is C25H24N2O6. The molecule has 2 saturated carbocycles. The second kappa shape index (κ2) is 7.23. The lowest BCUT2D eigenvalue weighted by Gasteiger charge is -2.30. The predicted molar refractivity (Wildman–Crippen MR) is 119 cm³/mol. The van der Waals surface area contributed by atoms with Crippen LogP contribution in [-0.2, 0) is 14.4 Å². The minimum absolute atomic E-state index is 0.00208. The van der Waals surface area contributed by atoms with E-state index in [-0.39, 0.29) is 47.5 Å². The minimum Gasteiger partial charge on any atom is -0.497 e. The third-order valence-electron chi connectivity index (χ3n) is 7.71. The molecule has 2 amide bonds. The van der Waals surface area contributed by atoms with E-state index < -0.39 is 0 Å². The van der Waals surface area contributed by atoms with E-state index >= 15 is 0 Å². The zero-order valence-electron chi connectivity index (χ0n) is 18.6. The van der Waals surface area contributed by atoms with Crippen molar-refractivity contribution in [2.24, 2.45) is 34.7 Å².